The van der Waals surface area contributed by atoms with E-state index in [9.17, 15) is 0 Å². The molecule has 0 spiro atoms. The van der Waals surface area contributed by atoms with Crippen molar-refractivity contribution in [1.82, 2.24) is 15.3 Å². The van der Waals surface area contributed by atoms with Gasteiger partial charge in [0.15, 0.2) is 5.58 Å². The van der Waals surface area contributed by atoms with Crippen molar-refractivity contribution >= 4 is 28.8 Å². The first-order valence-electron chi connectivity index (χ1n) is 5.64. The maximum absolute atomic E-state index is 5.83. The van der Waals surface area contributed by atoms with E-state index in [-0.39, 0.29) is 0 Å². The smallest absolute Gasteiger partial charge is 0.300 e. The number of hydrogen-bond donors (Lipinski definition) is 1. The van der Waals surface area contributed by atoms with E-state index in [4.69, 9.17) is 16.0 Å². The molecule has 1 saturated heterocycles. The van der Waals surface area contributed by atoms with Crippen LogP contribution in [0.4, 0.5) is 6.01 Å². The van der Waals surface area contributed by atoms with E-state index in [0.29, 0.717) is 28.4 Å². The molecular formula is C11H13ClN4O. The Morgan fingerprint density at radius 2 is 2.35 bits per heavy atom. The van der Waals surface area contributed by atoms with Gasteiger partial charge in [0.1, 0.15) is 5.15 Å². The lowest BCUT2D eigenvalue weighted by molar-refractivity contribution is 0.456. The molecule has 1 aliphatic heterocycles. The van der Waals surface area contributed by atoms with Gasteiger partial charge in [-0.05, 0) is 19.1 Å². The first kappa shape index (κ1) is 10.8. The van der Waals surface area contributed by atoms with Crippen LogP contribution in [0, 0.1) is 0 Å². The predicted molar refractivity (Wildman–Crippen MR) is 66.5 cm³/mol. The molecule has 6 heteroatoms. The Labute approximate surface area is 104 Å². The zero-order chi connectivity index (χ0) is 11.8. The minimum absolute atomic E-state index is 0.368. The zero-order valence-corrected chi connectivity index (χ0v) is 10.2. The summed E-state index contributed by atoms with van der Waals surface area (Å²) in [4.78, 5) is 10.7. The van der Waals surface area contributed by atoms with E-state index < -0.39 is 0 Å². The number of aromatic nitrogens is 2. The number of halogens is 1. The summed E-state index contributed by atoms with van der Waals surface area (Å²) in [5, 5.41) is 3.77. The highest BCUT2D eigenvalue weighted by molar-refractivity contribution is 6.29. The summed E-state index contributed by atoms with van der Waals surface area (Å²) >= 11 is 5.83. The van der Waals surface area contributed by atoms with E-state index in [0.717, 1.165) is 19.6 Å². The van der Waals surface area contributed by atoms with Gasteiger partial charge in [0.2, 0.25) is 5.65 Å². The molecule has 2 aromatic rings. The van der Waals surface area contributed by atoms with Crippen LogP contribution >= 0.6 is 11.6 Å². The summed E-state index contributed by atoms with van der Waals surface area (Å²) in [5.74, 6) is 0. The molecule has 0 aromatic carbocycles. The lowest BCUT2D eigenvalue weighted by atomic mass is 10.2. The van der Waals surface area contributed by atoms with Crippen LogP contribution in [-0.2, 0) is 0 Å². The molecule has 1 N–H and O–H groups in total. The fraction of sp³-hybridized carbons (Fsp3) is 0.455. The maximum Gasteiger partial charge on any atom is 0.300 e. The standard InChI is InChI=1S/C11H13ClN4O/c1-7-6-13-4-5-16(7)11-15-10-8(17-11)2-3-9(12)14-10/h2-3,7,13H,4-6H2,1H3/t7-/m0/s1. The van der Waals surface area contributed by atoms with Crippen molar-refractivity contribution in [2.75, 3.05) is 24.5 Å². The van der Waals surface area contributed by atoms with Crippen molar-refractivity contribution in [2.45, 2.75) is 13.0 Å². The molecule has 3 heterocycles. The molecule has 90 valence electrons. The average Bonchev–Trinajstić information content (AvgIpc) is 2.72. The molecule has 0 saturated carbocycles. The Bertz CT molecular complexity index is 541. The fourth-order valence-corrected chi connectivity index (χ4v) is 2.18. The highest BCUT2D eigenvalue weighted by Crippen LogP contribution is 2.23. The molecule has 5 nitrogen and oxygen atoms in total. The molecule has 17 heavy (non-hydrogen) atoms. The van der Waals surface area contributed by atoms with Crippen molar-refractivity contribution < 1.29 is 4.42 Å². The van der Waals surface area contributed by atoms with E-state index in [1.165, 1.54) is 0 Å². The monoisotopic (exact) mass is 252 g/mol. The van der Waals surface area contributed by atoms with E-state index in [1.807, 2.05) is 0 Å². The van der Waals surface area contributed by atoms with Gasteiger partial charge in [-0.25, -0.2) is 4.98 Å². The highest BCUT2D eigenvalue weighted by Gasteiger charge is 2.22. The van der Waals surface area contributed by atoms with Gasteiger partial charge in [-0.15, -0.1) is 0 Å². The summed E-state index contributed by atoms with van der Waals surface area (Å²) < 4.78 is 5.70. The number of nitrogens with one attached hydrogen (secondary N) is 1. The molecular weight excluding hydrogens is 240 g/mol. The lowest BCUT2D eigenvalue weighted by Gasteiger charge is -2.32. The van der Waals surface area contributed by atoms with Gasteiger partial charge in [-0.1, -0.05) is 11.6 Å². The van der Waals surface area contributed by atoms with Gasteiger partial charge in [0.05, 0.1) is 0 Å². The van der Waals surface area contributed by atoms with Gasteiger partial charge < -0.3 is 14.6 Å². The van der Waals surface area contributed by atoms with E-state index >= 15 is 0 Å². The van der Waals surface area contributed by atoms with Crippen LogP contribution in [0.2, 0.25) is 5.15 Å². The third-order valence-electron chi connectivity index (χ3n) is 2.96. The van der Waals surface area contributed by atoms with Crippen molar-refractivity contribution in [3.8, 4) is 0 Å². The Morgan fingerprint density at radius 3 is 3.18 bits per heavy atom. The second kappa shape index (κ2) is 4.16. The first-order chi connectivity index (χ1) is 8.24. The van der Waals surface area contributed by atoms with Crippen LogP contribution in [0.25, 0.3) is 11.2 Å². The Balaban J connectivity index is 1.99. The number of anilines is 1. The number of nitrogens with zero attached hydrogens (tertiary/aromatic N) is 3. The fourth-order valence-electron chi connectivity index (χ4n) is 2.03. The minimum atomic E-state index is 0.368. The Morgan fingerprint density at radius 1 is 1.47 bits per heavy atom. The van der Waals surface area contributed by atoms with Crippen LogP contribution < -0.4 is 10.2 Å². The molecule has 0 radical (unpaired) electrons. The summed E-state index contributed by atoms with van der Waals surface area (Å²) in [5.41, 5.74) is 1.24. The third kappa shape index (κ3) is 1.96. The second-order valence-corrected chi connectivity index (χ2v) is 4.59. The lowest BCUT2D eigenvalue weighted by Crippen LogP contribution is -2.50. The molecule has 1 atom stereocenters. The quantitative estimate of drug-likeness (QED) is 0.783. The van der Waals surface area contributed by atoms with Gasteiger partial charge in [-0.2, -0.15) is 4.98 Å². The number of oxazole rings is 1. The molecule has 0 unspecified atom stereocenters. The summed E-state index contributed by atoms with van der Waals surface area (Å²) in [7, 11) is 0. The summed E-state index contributed by atoms with van der Waals surface area (Å²) in [6.07, 6.45) is 0. The second-order valence-electron chi connectivity index (χ2n) is 4.20. The van der Waals surface area contributed by atoms with Crippen LogP contribution in [-0.4, -0.2) is 35.6 Å². The number of fused-ring (bicyclic) bond motifs is 1. The molecule has 0 aliphatic carbocycles. The zero-order valence-electron chi connectivity index (χ0n) is 9.48. The molecule has 2 aromatic heterocycles. The van der Waals surface area contributed by atoms with Crippen molar-refractivity contribution in [3.63, 3.8) is 0 Å². The summed E-state index contributed by atoms with van der Waals surface area (Å²) in [6.45, 7) is 4.91. The molecule has 0 amide bonds. The van der Waals surface area contributed by atoms with Gasteiger partial charge >= 0.3 is 0 Å². The van der Waals surface area contributed by atoms with Crippen LogP contribution in [0.5, 0.6) is 0 Å². The number of hydrogen-bond acceptors (Lipinski definition) is 5. The van der Waals surface area contributed by atoms with Crippen LogP contribution in [0.1, 0.15) is 6.92 Å². The maximum atomic E-state index is 5.83. The van der Waals surface area contributed by atoms with Crippen LogP contribution in [0.15, 0.2) is 16.5 Å². The SMILES string of the molecule is C[C@H]1CNCCN1c1nc2nc(Cl)ccc2o1. The first-order valence-corrected chi connectivity index (χ1v) is 6.02. The van der Waals surface area contributed by atoms with E-state index in [1.54, 1.807) is 12.1 Å². The van der Waals surface area contributed by atoms with Crippen molar-refractivity contribution in [3.05, 3.63) is 17.3 Å². The largest absolute Gasteiger partial charge is 0.422 e. The van der Waals surface area contributed by atoms with Crippen molar-refractivity contribution in [1.29, 1.82) is 0 Å². The molecule has 0 bridgehead atoms. The van der Waals surface area contributed by atoms with Gasteiger partial charge in [-0.3, -0.25) is 0 Å². The topological polar surface area (TPSA) is 54.2 Å². The normalized spacial score (nSPS) is 21.1. The van der Waals surface area contributed by atoms with Gasteiger partial charge in [0, 0.05) is 25.7 Å². The number of pyridine rings is 1. The number of piperazine rings is 1. The van der Waals surface area contributed by atoms with Crippen molar-refractivity contribution in [2.24, 2.45) is 0 Å². The average molecular weight is 253 g/mol. The minimum Gasteiger partial charge on any atom is -0.422 e. The van der Waals surface area contributed by atoms with Crippen LogP contribution in [0.3, 0.4) is 0 Å². The summed E-state index contributed by atoms with van der Waals surface area (Å²) in [6, 6.07) is 4.50. The van der Waals surface area contributed by atoms with E-state index in [2.05, 4.69) is 27.1 Å². The number of rotatable bonds is 1. The third-order valence-corrected chi connectivity index (χ3v) is 3.17. The molecule has 3 rings (SSSR count). The predicted octanol–water partition coefficient (Wildman–Crippen LogP) is 1.67. The van der Waals surface area contributed by atoms with Gasteiger partial charge in [0.25, 0.3) is 6.01 Å². The Hall–Kier alpha value is -1.33. The molecule has 1 aliphatic rings. The highest BCUT2D eigenvalue weighted by atomic mass is 35.5. The molecule has 1 fully saturated rings. The Kier molecular flexibility index (Phi) is 2.64.